The SMILES string of the molecule is O=Cc1c(N2[C@@H]3CC[C@H]2CC(O)C3)ccc([N+](=O)[O-])c1Cl. The van der Waals surface area contributed by atoms with Crippen molar-refractivity contribution in [1.29, 1.82) is 0 Å². The van der Waals surface area contributed by atoms with Gasteiger partial charge in [0, 0.05) is 23.8 Å². The average molecular weight is 311 g/mol. The van der Waals surface area contributed by atoms with Crippen molar-refractivity contribution in [3.05, 3.63) is 32.8 Å². The lowest BCUT2D eigenvalue weighted by molar-refractivity contribution is -0.384. The Morgan fingerprint density at radius 2 is 1.95 bits per heavy atom. The minimum atomic E-state index is -0.590. The summed E-state index contributed by atoms with van der Waals surface area (Å²) >= 11 is 6.02. The molecule has 0 saturated carbocycles. The number of aldehydes is 1. The van der Waals surface area contributed by atoms with Crippen LogP contribution < -0.4 is 4.90 Å². The van der Waals surface area contributed by atoms with E-state index in [1.807, 2.05) is 0 Å². The van der Waals surface area contributed by atoms with Crippen molar-refractivity contribution in [3.63, 3.8) is 0 Å². The van der Waals surface area contributed by atoms with Crippen LogP contribution in [0.1, 0.15) is 36.0 Å². The number of fused-ring (bicyclic) bond motifs is 2. The second-order valence-electron chi connectivity index (χ2n) is 5.62. The molecule has 0 amide bonds. The second-order valence-corrected chi connectivity index (χ2v) is 6.00. The molecule has 1 N–H and O–H groups in total. The summed E-state index contributed by atoms with van der Waals surface area (Å²) in [6.45, 7) is 0. The Kier molecular flexibility index (Phi) is 3.59. The summed E-state index contributed by atoms with van der Waals surface area (Å²) in [4.78, 5) is 23.8. The van der Waals surface area contributed by atoms with Crippen LogP contribution in [0.5, 0.6) is 0 Å². The Morgan fingerprint density at radius 3 is 2.48 bits per heavy atom. The summed E-state index contributed by atoms with van der Waals surface area (Å²) in [5.41, 5.74) is 0.547. The third-order valence-electron chi connectivity index (χ3n) is 4.44. The summed E-state index contributed by atoms with van der Waals surface area (Å²) in [5.74, 6) is 0. The molecule has 2 aliphatic rings. The first kappa shape index (κ1) is 14.3. The summed E-state index contributed by atoms with van der Waals surface area (Å²) in [6, 6.07) is 3.26. The largest absolute Gasteiger partial charge is 0.393 e. The monoisotopic (exact) mass is 310 g/mol. The van der Waals surface area contributed by atoms with Gasteiger partial charge in [0.15, 0.2) is 6.29 Å². The summed E-state index contributed by atoms with van der Waals surface area (Å²) < 4.78 is 0. The fourth-order valence-corrected chi connectivity index (χ4v) is 3.86. The van der Waals surface area contributed by atoms with Crippen LogP contribution in [0.25, 0.3) is 0 Å². The van der Waals surface area contributed by atoms with Crippen LogP contribution in [0, 0.1) is 10.1 Å². The van der Waals surface area contributed by atoms with Gasteiger partial charge < -0.3 is 10.0 Å². The average Bonchev–Trinajstić information content (AvgIpc) is 2.69. The first-order valence-corrected chi connectivity index (χ1v) is 7.29. The van der Waals surface area contributed by atoms with Gasteiger partial charge in [-0.1, -0.05) is 11.6 Å². The first-order valence-electron chi connectivity index (χ1n) is 6.91. The Labute approximate surface area is 126 Å². The van der Waals surface area contributed by atoms with Gasteiger partial charge in [0.25, 0.3) is 5.69 Å². The maximum atomic E-state index is 11.4. The molecule has 0 spiro atoms. The number of carbonyl (C=O) groups excluding carboxylic acids is 1. The maximum Gasteiger partial charge on any atom is 0.288 e. The molecular formula is C14H15ClN2O4. The van der Waals surface area contributed by atoms with Crippen LogP contribution in [-0.4, -0.2) is 34.5 Å². The van der Waals surface area contributed by atoms with Crippen LogP contribution in [0.3, 0.4) is 0 Å². The van der Waals surface area contributed by atoms with Gasteiger partial charge in [-0.3, -0.25) is 14.9 Å². The van der Waals surface area contributed by atoms with Crippen LogP contribution in [-0.2, 0) is 0 Å². The van der Waals surface area contributed by atoms with Crippen molar-refractivity contribution in [3.8, 4) is 0 Å². The zero-order valence-corrected chi connectivity index (χ0v) is 12.0. The predicted molar refractivity (Wildman–Crippen MR) is 78.0 cm³/mol. The first-order chi connectivity index (χ1) is 10.0. The molecule has 0 aliphatic carbocycles. The van der Waals surface area contributed by atoms with E-state index in [0.29, 0.717) is 24.8 Å². The smallest absolute Gasteiger partial charge is 0.288 e. The molecular weight excluding hydrogens is 296 g/mol. The maximum absolute atomic E-state index is 11.4. The highest BCUT2D eigenvalue weighted by Gasteiger charge is 2.41. The van der Waals surface area contributed by atoms with Crippen LogP contribution >= 0.6 is 11.6 Å². The highest BCUT2D eigenvalue weighted by molar-refractivity contribution is 6.35. The van der Waals surface area contributed by atoms with Crippen molar-refractivity contribution in [2.45, 2.75) is 43.9 Å². The molecule has 2 bridgehead atoms. The predicted octanol–water partition coefficient (Wildman–Crippen LogP) is 2.55. The van der Waals surface area contributed by atoms with Crippen LogP contribution in [0.15, 0.2) is 12.1 Å². The lowest BCUT2D eigenvalue weighted by Gasteiger charge is -2.39. The van der Waals surface area contributed by atoms with E-state index in [1.165, 1.54) is 6.07 Å². The highest BCUT2D eigenvalue weighted by atomic mass is 35.5. The molecule has 0 radical (unpaired) electrons. The molecule has 0 aromatic heterocycles. The molecule has 2 saturated heterocycles. The van der Waals surface area contributed by atoms with Crippen LogP contribution in [0.2, 0.25) is 5.02 Å². The highest BCUT2D eigenvalue weighted by Crippen LogP contribution is 2.43. The topological polar surface area (TPSA) is 83.7 Å². The number of rotatable bonds is 3. The molecule has 112 valence electrons. The molecule has 6 nitrogen and oxygen atoms in total. The number of nitrogens with zero attached hydrogens (tertiary/aromatic N) is 2. The van der Waals surface area contributed by atoms with Gasteiger partial charge in [-0.2, -0.15) is 0 Å². The number of carbonyl (C=O) groups is 1. The van der Waals surface area contributed by atoms with Crippen molar-refractivity contribution in [2.24, 2.45) is 0 Å². The van der Waals surface area contributed by atoms with E-state index >= 15 is 0 Å². The Morgan fingerprint density at radius 1 is 1.33 bits per heavy atom. The number of hydrogen-bond donors (Lipinski definition) is 1. The van der Waals surface area contributed by atoms with Gasteiger partial charge in [0.2, 0.25) is 0 Å². The molecule has 2 aliphatic heterocycles. The van der Waals surface area contributed by atoms with E-state index in [4.69, 9.17) is 11.6 Å². The fourth-order valence-electron chi connectivity index (χ4n) is 3.59. The summed E-state index contributed by atoms with van der Waals surface area (Å²) in [7, 11) is 0. The second kappa shape index (κ2) is 5.27. The lowest BCUT2D eigenvalue weighted by atomic mass is 9.98. The number of nitro benzene ring substituents is 1. The van der Waals surface area contributed by atoms with Crippen molar-refractivity contribution >= 4 is 29.3 Å². The number of benzene rings is 1. The van der Waals surface area contributed by atoms with E-state index in [9.17, 15) is 20.0 Å². The van der Waals surface area contributed by atoms with Crippen molar-refractivity contribution < 1.29 is 14.8 Å². The number of aliphatic hydroxyl groups is 1. The molecule has 1 aromatic rings. The lowest BCUT2D eigenvalue weighted by Crippen LogP contribution is -2.45. The Bertz CT molecular complexity index is 593. The standard InChI is InChI=1S/C14H15ClN2O4/c15-14-11(7-18)12(3-4-13(14)17(20)21)16-8-1-2-9(16)6-10(19)5-8/h3-4,7-10,19H,1-2,5-6H2/t8-,9+,10?. The zero-order chi connectivity index (χ0) is 15.1. The minimum Gasteiger partial charge on any atom is -0.393 e. The third kappa shape index (κ3) is 2.28. The Hall–Kier alpha value is -1.66. The normalized spacial score (nSPS) is 27.7. The van der Waals surface area contributed by atoms with Crippen molar-refractivity contribution in [1.82, 2.24) is 0 Å². The quantitative estimate of drug-likeness (QED) is 0.527. The number of piperidine rings is 1. The zero-order valence-electron chi connectivity index (χ0n) is 11.2. The number of halogens is 1. The molecule has 7 heteroatoms. The molecule has 2 heterocycles. The molecule has 3 rings (SSSR count). The molecule has 1 aromatic carbocycles. The summed E-state index contributed by atoms with van der Waals surface area (Å²) in [6.07, 6.45) is 3.48. The number of nitro groups is 1. The molecule has 21 heavy (non-hydrogen) atoms. The van der Waals surface area contributed by atoms with Gasteiger partial charge in [-0.15, -0.1) is 0 Å². The van der Waals surface area contributed by atoms with E-state index in [0.717, 1.165) is 12.8 Å². The number of anilines is 1. The number of aliphatic hydroxyl groups excluding tert-OH is 1. The molecule has 3 atom stereocenters. The molecule has 2 fully saturated rings. The Balaban J connectivity index is 2.05. The third-order valence-corrected chi connectivity index (χ3v) is 4.83. The van der Waals surface area contributed by atoms with Crippen LogP contribution in [0.4, 0.5) is 11.4 Å². The van der Waals surface area contributed by atoms with Gasteiger partial charge in [-0.25, -0.2) is 0 Å². The van der Waals surface area contributed by atoms with Gasteiger partial charge >= 0.3 is 0 Å². The fraction of sp³-hybridized carbons (Fsp3) is 0.500. The van der Waals surface area contributed by atoms with E-state index in [-0.39, 0.29) is 34.5 Å². The van der Waals surface area contributed by atoms with Gasteiger partial charge in [-0.05, 0) is 31.7 Å². The van der Waals surface area contributed by atoms with E-state index in [1.54, 1.807) is 6.07 Å². The minimum absolute atomic E-state index is 0.113. The van der Waals surface area contributed by atoms with Crippen molar-refractivity contribution in [2.75, 3.05) is 4.90 Å². The summed E-state index contributed by atoms with van der Waals surface area (Å²) in [5, 5.41) is 20.6. The van der Waals surface area contributed by atoms with E-state index < -0.39 is 4.92 Å². The van der Waals surface area contributed by atoms with E-state index in [2.05, 4.69) is 4.90 Å². The molecule has 1 unspecified atom stereocenters. The number of hydrogen-bond acceptors (Lipinski definition) is 5. The van der Waals surface area contributed by atoms with Gasteiger partial charge in [0.05, 0.1) is 16.6 Å². The van der Waals surface area contributed by atoms with Gasteiger partial charge in [0.1, 0.15) is 5.02 Å².